The molecule has 0 spiro atoms. The summed E-state index contributed by atoms with van der Waals surface area (Å²) in [6, 6.07) is 11.5. The lowest BCUT2D eigenvalue weighted by atomic mass is 9.99. The van der Waals surface area contributed by atoms with Crippen molar-refractivity contribution in [1.82, 2.24) is 10.6 Å². The SMILES string of the molecule is CCC(=Cc1ccccc1)[C@@H]1CC1NCCC1CNC1. The maximum Gasteiger partial charge on any atom is 0.0139 e. The van der Waals surface area contributed by atoms with Crippen molar-refractivity contribution in [3.05, 3.63) is 41.5 Å². The molecule has 1 aliphatic heterocycles. The molecule has 0 aromatic heterocycles. The fourth-order valence-electron chi connectivity index (χ4n) is 3.09. The highest BCUT2D eigenvalue weighted by Gasteiger charge is 2.38. The number of nitrogens with one attached hydrogen (secondary N) is 2. The number of rotatable bonds is 7. The van der Waals surface area contributed by atoms with E-state index >= 15 is 0 Å². The van der Waals surface area contributed by atoms with Crippen LogP contribution in [0.2, 0.25) is 0 Å². The monoisotopic (exact) mass is 270 g/mol. The molecule has 1 aromatic carbocycles. The molecule has 0 bridgehead atoms. The third-order valence-electron chi connectivity index (χ3n) is 4.65. The Hall–Kier alpha value is -1.12. The van der Waals surface area contributed by atoms with Gasteiger partial charge in [0, 0.05) is 6.04 Å². The van der Waals surface area contributed by atoms with Gasteiger partial charge in [-0.15, -0.1) is 0 Å². The molecule has 2 heteroatoms. The highest BCUT2D eigenvalue weighted by Crippen LogP contribution is 2.39. The second-order valence-electron chi connectivity index (χ2n) is 6.20. The summed E-state index contributed by atoms with van der Waals surface area (Å²) in [5.74, 6) is 1.70. The highest BCUT2D eigenvalue weighted by atomic mass is 15.0. The maximum absolute atomic E-state index is 3.74. The van der Waals surface area contributed by atoms with Crippen LogP contribution in [0.4, 0.5) is 0 Å². The fourth-order valence-corrected chi connectivity index (χ4v) is 3.09. The van der Waals surface area contributed by atoms with E-state index in [1.807, 2.05) is 0 Å². The molecule has 108 valence electrons. The molecule has 1 saturated heterocycles. The molecule has 20 heavy (non-hydrogen) atoms. The van der Waals surface area contributed by atoms with E-state index in [1.54, 1.807) is 5.57 Å². The molecule has 1 aliphatic carbocycles. The quantitative estimate of drug-likeness (QED) is 0.795. The molecule has 1 heterocycles. The normalized spacial score (nSPS) is 26.4. The maximum atomic E-state index is 3.74. The van der Waals surface area contributed by atoms with E-state index < -0.39 is 0 Å². The summed E-state index contributed by atoms with van der Waals surface area (Å²) in [5.41, 5.74) is 2.95. The summed E-state index contributed by atoms with van der Waals surface area (Å²) in [7, 11) is 0. The average Bonchev–Trinajstić information content (AvgIpc) is 3.19. The summed E-state index contributed by atoms with van der Waals surface area (Å²) in [6.45, 7) is 5.92. The summed E-state index contributed by atoms with van der Waals surface area (Å²) in [4.78, 5) is 0. The van der Waals surface area contributed by atoms with Gasteiger partial charge in [-0.25, -0.2) is 0 Å². The van der Waals surface area contributed by atoms with Crippen LogP contribution in [0.1, 0.15) is 31.7 Å². The zero-order valence-corrected chi connectivity index (χ0v) is 12.4. The van der Waals surface area contributed by atoms with Crippen molar-refractivity contribution in [1.29, 1.82) is 0 Å². The largest absolute Gasteiger partial charge is 0.316 e. The van der Waals surface area contributed by atoms with E-state index in [0.717, 1.165) is 17.9 Å². The van der Waals surface area contributed by atoms with Gasteiger partial charge in [0.15, 0.2) is 0 Å². The molecule has 2 nitrogen and oxygen atoms in total. The number of hydrogen-bond acceptors (Lipinski definition) is 2. The van der Waals surface area contributed by atoms with Crippen LogP contribution in [-0.2, 0) is 0 Å². The van der Waals surface area contributed by atoms with E-state index in [4.69, 9.17) is 0 Å². The fraction of sp³-hybridized carbons (Fsp3) is 0.556. The Morgan fingerprint density at radius 3 is 2.75 bits per heavy atom. The Bertz CT molecular complexity index is 448. The summed E-state index contributed by atoms with van der Waals surface area (Å²) in [5, 5.41) is 7.08. The van der Waals surface area contributed by atoms with Crippen LogP contribution >= 0.6 is 0 Å². The molecular weight excluding hydrogens is 244 g/mol. The van der Waals surface area contributed by atoms with Gasteiger partial charge in [-0.3, -0.25) is 0 Å². The highest BCUT2D eigenvalue weighted by molar-refractivity contribution is 5.54. The van der Waals surface area contributed by atoms with Crippen molar-refractivity contribution < 1.29 is 0 Å². The van der Waals surface area contributed by atoms with Crippen molar-refractivity contribution >= 4 is 6.08 Å². The van der Waals surface area contributed by atoms with Crippen LogP contribution < -0.4 is 10.6 Å². The van der Waals surface area contributed by atoms with Gasteiger partial charge in [-0.2, -0.15) is 0 Å². The summed E-state index contributed by atoms with van der Waals surface area (Å²) >= 11 is 0. The van der Waals surface area contributed by atoms with Gasteiger partial charge in [0.1, 0.15) is 0 Å². The molecule has 1 unspecified atom stereocenters. The van der Waals surface area contributed by atoms with Gasteiger partial charge in [0.2, 0.25) is 0 Å². The van der Waals surface area contributed by atoms with Crippen molar-refractivity contribution in [3.63, 3.8) is 0 Å². The minimum atomic E-state index is 0.734. The number of benzene rings is 1. The lowest BCUT2D eigenvalue weighted by molar-refractivity contribution is 0.321. The molecule has 2 fully saturated rings. The zero-order chi connectivity index (χ0) is 13.8. The third-order valence-corrected chi connectivity index (χ3v) is 4.65. The lowest BCUT2D eigenvalue weighted by Gasteiger charge is -2.27. The molecule has 2 atom stereocenters. The van der Waals surface area contributed by atoms with Crippen LogP contribution in [0.5, 0.6) is 0 Å². The van der Waals surface area contributed by atoms with E-state index in [1.165, 1.54) is 44.5 Å². The number of hydrogen-bond donors (Lipinski definition) is 2. The van der Waals surface area contributed by atoms with Gasteiger partial charge < -0.3 is 10.6 Å². The first-order chi connectivity index (χ1) is 9.86. The zero-order valence-electron chi connectivity index (χ0n) is 12.4. The van der Waals surface area contributed by atoms with Crippen molar-refractivity contribution in [2.24, 2.45) is 11.8 Å². The first-order valence-electron chi connectivity index (χ1n) is 8.06. The predicted molar refractivity (Wildman–Crippen MR) is 85.6 cm³/mol. The second kappa shape index (κ2) is 6.55. The third kappa shape index (κ3) is 3.50. The van der Waals surface area contributed by atoms with Crippen LogP contribution in [0, 0.1) is 11.8 Å². The minimum Gasteiger partial charge on any atom is -0.316 e. The van der Waals surface area contributed by atoms with Crippen LogP contribution in [0.3, 0.4) is 0 Å². The van der Waals surface area contributed by atoms with Gasteiger partial charge >= 0.3 is 0 Å². The molecule has 1 saturated carbocycles. The standard InChI is InChI=1S/C18H26N2/c1-2-16(10-14-6-4-3-5-7-14)17-11-18(17)20-9-8-15-12-19-13-15/h3-7,10,15,17-20H,2,8-9,11-13H2,1H3/t17-,18?/m0/s1. The van der Waals surface area contributed by atoms with Gasteiger partial charge in [0.05, 0.1) is 0 Å². The van der Waals surface area contributed by atoms with Crippen LogP contribution in [-0.4, -0.2) is 25.7 Å². The van der Waals surface area contributed by atoms with E-state index in [0.29, 0.717) is 0 Å². The van der Waals surface area contributed by atoms with E-state index in [-0.39, 0.29) is 0 Å². The van der Waals surface area contributed by atoms with Gasteiger partial charge in [-0.1, -0.05) is 48.9 Å². The topological polar surface area (TPSA) is 24.1 Å². The Morgan fingerprint density at radius 2 is 2.10 bits per heavy atom. The molecule has 0 amide bonds. The van der Waals surface area contributed by atoms with Crippen LogP contribution in [0.25, 0.3) is 6.08 Å². The van der Waals surface area contributed by atoms with Gasteiger partial charge in [0.25, 0.3) is 0 Å². The molecule has 2 N–H and O–H groups in total. The smallest absolute Gasteiger partial charge is 0.0139 e. The Balaban J connectivity index is 1.47. The van der Waals surface area contributed by atoms with E-state index in [9.17, 15) is 0 Å². The van der Waals surface area contributed by atoms with Crippen molar-refractivity contribution in [2.75, 3.05) is 19.6 Å². The minimum absolute atomic E-state index is 0.734. The Morgan fingerprint density at radius 1 is 1.30 bits per heavy atom. The van der Waals surface area contributed by atoms with E-state index in [2.05, 4.69) is 54.0 Å². The predicted octanol–water partition coefficient (Wildman–Crippen LogP) is 3.07. The molecular formula is C18H26N2. The molecule has 2 aliphatic rings. The lowest BCUT2D eigenvalue weighted by Crippen LogP contribution is -2.43. The molecule has 3 rings (SSSR count). The van der Waals surface area contributed by atoms with Gasteiger partial charge in [-0.05, 0) is 56.3 Å². The molecule has 1 aromatic rings. The van der Waals surface area contributed by atoms with Crippen LogP contribution in [0.15, 0.2) is 35.9 Å². The van der Waals surface area contributed by atoms with Crippen molar-refractivity contribution in [3.8, 4) is 0 Å². The average molecular weight is 270 g/mol. The summed E-state index contributed by atoms with van der Waals surface area (Å²) in [6.07, 6.45) is 6.22. The Labute approximate surface area is 122 Å². The second-order valence-corrected chi connectivity index (χ2v) is 6.20. The first-order valence-corrected chi connectivity index (χ1v) is 8.06. The molecule has 0 radical (unpaired) electrons. The Kier molecular flexibility index (Phi) is 4.54. The van der Waals surface area contributed by atoms with Crippen molar-refractivity contribution in [2.45, 2.75) is 32.2 Å². The first kappa shape index (κ1) is 13.8. The summed E-state index contributed by atoms with van der Waals surface area (Å²) < 4.78 is 0.